The summed E-state index contributed by atoms with van der Waals surface area (Å²) in [5.74, 6) is 0.895. The first-order valence-corrected chi connectivity index (χ1v) is 11.2. The van der Waals surface area contributed by atoms with Gasteiger partial charge in [0.25, 0.3) is 0 Å². The van der Waals surface area contributed by atoms with Gasteiger partial charge in [-0.05, 0) is 62.1 Å². The molecule has 4 atom stereocenters. The number of nitrogens with one attached hydrogen (secondary N) is 1. The molecule has 178 valence electrons. The Morgan fingerprint density at radius 3 is 2.84 bits per heavy atom. The van der Waals surface area contributed by atoms with Crippen LogP contribution in [-0.2, 0) is 16.0 Å². The maximum Gasteiger partial charge on any atom is 0.302 e. The Morgan fingerprint density at radius 1 is 1.38 bits per heavy atom. The molecule has 0 saturated heterocycles. The molecule has 0 aliphatic heterocycles. The minimum absolute atomic E-state index is 0.0838. The van der Waals surface area contributed by atoms with Crippen molar-refractivity contribution in [2.24, 2.45) is 16.6 Å². The lowest BCUT2D eigenvalue weighted by molar-refractivity contribution is -0.148. The summed E-state index contributed by atoms with van der Waals surface area (Å²) in [5.41, 5.74) is 6.79. The van der Waals surface area contributed by atoms with Gasteiger partial charge in [0.1, 0.15) is 6.10 Å². The fourth-order valence-electron chi connectivity index (χ4n) is 4.11. The molecule has 5 N–H and O–H groups in total. The van der Waals surface area contributed by atoms with Crippen molar-refractivity contribution >= 4 is 11.9 Å². The van der Waals surface area contributed by atoms with Crippen molar-refractivity contribution < 1.29 is 24.5 Å². The molecule has 1 aromatic rings. The quantitative estimate of drug-likeness (QED) is 0.178. The summed E-state index contributed by atoms with van der Waals surface area (Å²) in [6.45, 7) is 1.38. The van der Waals surface area contributed by atoms with Crippen molar-refractivity contribution in [1.82, 2.24) is 5.32 Å². The number of esters is 1. The second-order valence-corrected chi connectivity index (χ2v) is 8.29. The number of hydrogen-bond acceptors (Lipinski definition) is 6. The van der Waals surface area contributed by atoms with Crippen molar-refractivity contribution in [3.63, 3.8) is 0 Å². The van der Waals surface area contributed by atoms with E-state index in [1.807, 2.05) is 6.07 Å². The van der Waals surface area contributed by atoms with Gasteiger partial charge in [0, 0.05) is 20.4 Å². The van der Waals surface area contributed by atoms with Gasteiger partial charge in [-0.2, -0.15) is 0 Å². The molecule has 1 aromatic carbocycles. The number of methoxy groups -OCH3 is 1. The largest absolute Gasteiger partial charge is 0.504 e. The molecule has 0 radical (unpaired) electrons. The Bertz CT molecular complexity index is 796. The predicted molar refractivity (Wildman–Crippen MR) is 125 cm³/mol. The number of ether oxygens (including phenoxy) is 2. The van der Waals surface area contributed by atoms with Crippen molar-refractivity contribution in [1.29, 1.82) is 0 Å². The Kier molecular flexibility index (Phi) is 10.3. The van der Waals surface area contributed by atoms with Gasteiger partial charge in [-0.3, -0.25) is 9.79 Å². The average molecular weight is 448 g/mol. The van der Waals surface area contributed by atoms with Gasteiger partial charge in [-0.25, -0.2) is 0 Å². The number of aryl methyl sites for hydroxylation is 1. The summed E-state index contributed by atoms with van der Waals surface area (Å²) in [6, 6.07) is 5.27. The first-order valence-electron chi connectivity index (χ1n) is 11.2. The number of aliphatic hydroxyl groups excluding tert-OH is 1. The molecule has 32 heavy (non-hydrogen) atoms. The van der Waals surface area contributed by atoms with E-state index in [9.17, 15) is 15.0 Å². The molecule has 0 saturated carbocycles. The van der Waals surface area contributed by atoms with Crippen LogP contribution in [0.15, 0.2) is 35.3 Å². The van der Waals surface area contributed by atoms with Crippen LogP contribution < -0.4 is 15.8 Å². The molecular weight excluding hydrogens is 410 g/mol. The minimum Gasteiger partial charge on any atom is -0.504 e. The van der Waals surface area contributed by atoms with Crippen LogP contribution in [0.2, 0.25) is 0 Å². The van der Waals surface area contributed by atoms with Crippen LogP contribution in [0.1, 0.15) is 51.0 Å². The maximum absolute atomic E-state index is 11.6. The SMILES string of the molecule is CN=C(N)N[C@H]1C=CCC[C@H]1CC[C@H](O)C[C@@H](CCc1ccc(O)c(OC)c1)OC(C)=O. The smallest absolute Gasteiger partial charge is 0.302 e. The topological polar surface area (TPSA) is 126 Å². The fourth-order valence-corrected chi connectivity index (χ4v) is 4.11. The van der Waals surface area contributed by atoms with Crippen LogP contribution in [0.25, 0.3) is 0 Å². The normalized spacial score (nSPS) is 20.4. The number of guanidine groups is 1. The van der Waals surface area contributed by atoms with Gasteiger partial charge in [0.15, 0.2) is 17.5 Å². The van der Waals surface area contributed by atoms with Crippen molar-refractivity contribution in [2.45, 2.75) is 70.1 Å². The number of carbonyl (C=O) groups excluding carboxylic acids is 1. The van der Waals surface area contributed by atoms with E-state index in [1.165, 1.54) is 14.0 Å². The third-order valence-corrected chi connectivity index (χ3v) is 5.85. The van der Waals surface area contributed by atoms with Crippen LogP contribution >= 0.6 is 0 Å². The zero-order valence-electron chi connectivity index (χ0n) is 19.3. The van der Waals surface area contributed by atoms with Crippen LogP contribution in [0, 0.1) is 5.92 Å². The van der Waals surface area contributed by atoms with Crippen LogP contribution in [0.3, 0.4) is 0 Å². The highest BCUT2D eigenvalue weighted by Crippen LogP contribution is 2.28. The van der Waals surface area contributed by atoms with E-state index in [4.69, 9.17) is 15.2 Å². The highest BCUT2D eigenvalue weighted by Gasteiger charge is 2.24. The lowest BCUT2D eigenvalue weighted by Gasteiger charge is -2.30. The van der Waals surface area contributed by atoms with E-state index in [-0.39, 0.29) is 23.9 Å². The predicted octanol–water partition coefficient (Wildman–Crippen LogP) is 2.67. The van der Waals surface area contributed by atoms with E-state index in [0.717, 1.165) is 24.8 Å². The molecule has 1 aliphatic carbocycles. The second-order valence-electron chi connectivity index (χ2n) is 8.29. The molecule has 0 spiro atoms. The molecule has 0 fully saturated rings. The van der Waals surface area contributed by atoms with E-state index in [0.29, 0.717) is 43.3 Å². The zero-order valence-corrected chi connectivity index (χ0v) is 19.3. The number of benzene rings is 1. The third-order valence-electron chi connectivity index (χ3n) is 5.85. The van der Waals surface area contributed by atoms with E-state index >= 15 is 0 Å². The number of aromatic hydroxyl groups is 1. The Hall–Kier alpha value is -2.74. The number of rotatable bonds is 11. The number of hydrogen-bond donors (Lipinski definition) is 4. The zero-order chi connectivity index (χ0) is 23.5. The number of phenolic OH excluding ortho intramolecular Hbond substituents is 1. The Balaban J connectivity index is 1.89. The molecule has 0 amide bonds. The minimum atomic E-state index is -0.572. The summed E-state index contributed by atoms with van der Waals surface area (Å²) in [4.78, 5) is 15.5. The van der Waals surface area contributed by atoms with Crippen molar-refractivity contribution in [3.05, 3.63) is 35.9 Å². The average Bonchev–Trinajstić information content (AvgIpc) is 2.77. The van der Waals surface area contributed by atoms with Gasteiger partial charge in [0.2, 0.25) is 0 Å². The summed E-state index contributed by atoms with van der Waals surface area (Å²) >= 11 is 0. The van der Waals surface area contributed by atoms with Gasteiger partial charge < -0.3 is 30.7 Å². The van der Waals surface area contributed by atoms with Gasteiger partial charge in [-0.1, -0.05) is 18.2 Å². The van der Waals surface area contributed by atoms with Crippen LogP contribution in [0.4, 0.5) is 0 Å². The molecule has 0 aromatic heterocycles. The molecule has 2 rings (SSSR count). The molecule has 0 unspecified atom stereocenters. The number of nitrogens with zero attached hydrogens (tertiary/aromatic N) is 1. The fraction of sp³-hybridized carbons (Fsp3) is 0.583. The van der Waals surface area contributed by atoms with E-state index in [1.54, 1.807) is 19.2 Å². The monoisotopic (exact) mass is 447 g/mol. The molecular formula is C24H37N3O5. The molecule has 0 heterocycles. The molecule has 8 nitrogen and oxygen atoms in total. The molecule has 8 heteroatoms. The van der Waals surface area contributed by atoms with Gasteiger partial charge in [-0.15, -0.1) is 0 Å². The number of phenols is 1. The summed E-state index contributed by atoms with van der Waals surface area (Å²) < 4.78 is 10.6. The number of aliphatic imine (C=N–C) groups is 1. The van der Waals surface area contributed by atoms with Gasteiger partial charge in [0.05, 0.1) is 19.3 Å². The number of nitrogens with two attached hydrogens (primary N) is 1. The second kappa shape index (κ2) is 13.0. The summed E-state index contributed by atoms with van der Waals surface area (Å²) in [5, 5.41) is 23.6. The number of carbonyl (C=O) groups is 1. The lowest BCUT2D eigenvalue weighted by Crippen LogP contribution is -2.44. The van der Waals surface area contributed by atoms with Crippen LogP contribution in [-0.4, -0.2) is 54.5 Å². The summed E-state index contributed by atoms with van der Waals surface area (Å²) in [6.07, 6.45) is 8.38. The first kappa shape index (κ1) is 25.5. The maximum atomic E-state index is 11.6. The van der Waals surface area contributed by atoms with Crippen molar-refractivity contribution in [3.8, 4) is 11.5 Å². The van der Waals surface area contributed by atoms with Gasteiger partial charge >= 0.3 is 5.97 Å². The number of aliphatic hydroxyl groups is 1. The third kappa shape index (κ3) is 8.42. The number of allylic oxidation sites excluding steroid dienone is 1. The highest BCUT2D eigenvalue weighted by molar-refractivity contribution is 5.78. The first-order chi connectivity index (χ1) is 15.3. The van der Waals surface area contributed by atoms with Crippen molar-refractivity contribution in [2.75, 3.05) is 14.2 Å². The Morgan fingerprint density at radius 2 is 2.16 bits per heavy atom. The standard InChI is InChI=1S/C24H37N3O5/c1-16(28)32-20(12-8-17-9-13-22(30)23(14-17)31-3)15-19(29)11-10-18-6-4-5-7-21(18)27-24(25)26-2/h5,7,9,13-14,18-21,29-30H,4,6,8,10-12,15H2,1-3H3,(H3,25,26,27)/t18-,19-,20+,21-/m0/s1. The highest BCUT2D eigenvalue weighted by atomic mass is 16.5. The molecule has 0 bridgehead atoms. The Labute approximate surface area is 190 Å². The van der Waals surface area contributed by atoms with E-state index < -0.39 is 6.10 Å². The van der Waals surface area contributed by atoms with Crippen LogP contribution in [0.5, 0.6) is 11.5 Å². The van der Waals surface area contributed by atoms with E-state index in [2.05, 4.69) is 22.5 Å². The lowest BCUT2D eigenvalue weighted by atomic mass is 9.84. The summed E-state index contributed by atoms with van der Waals surface area (Å²) in [7, 11) is 3.15. The molecule has 1 aliphatic rings.